The minimum Gasteiger partial charge on any atom is -0.481 e. The molecule has 8 nitrogen and oxygen atoms in total. The van der Waals surface area contributed by atoms with E-state index in [0.717, 1.165) is 11.3 Å². The van der Waals surface area contributed by atoms with Crippen LogP contribution in [0.15, 0.2) is 36.9 Å². The average Bonchev–Trinajstić information content (AvgIpc) is 3.26. The van der Waals surface area contributed by atoms with Crippen LogP contribution in [0.4, 0.5) is 4.79 Å². The largest absolute Gasteiger partial charge is 0.481 e. The molecule has 1 fully saturated rings. The van der Waals surface area contributed by atoms with Gasteiger partial charge in [-0.05, 0) is 31.0 Å². The summed E-state index contributed by atoms with van der Waals surface area (Å²) in [5, 5.41) is 16.0. The van der Waals surface area contributed by atoms with Gasteiger partial charge in [0, 0.05) is 13.1 Å². The predicted octanol–water partition coefficient (Wildman–Crippen LogP) is 1.44. The Kier molecular flexibility index (Phi) is 4.45. The van der Waals surface area contributed by atoms with Gasteiger partial charge in [-0.2, -0.15) is 5.10 Å². The van der Waals surface area contributed by atoms with Crippen molar-refractivity contribution >= 4 is 12.0 Å². The number of hydrogen-bond donors (Lipinski definition) is 2. The van der Waals surface area contributed by atoms with Crippen LogP contribution in [0.1, 0.15) is 24.9 Å². The van der Waals surface area contributed by atoms with E-state index < -0.39 is 11.9 Å². The molecule has 1 aliphatic heterocycles. The van der Waals surface area contributed by atoms with Gasteiger partial charge >= 0.3 is 12.0 Å². The molecule has 2 aromatic rings. The molecule has 0 saturated carbocycles. The number of likely N-dealkylation sites (tertiary alicyclic amines) is 1. The Hall–Kier alpha value is -2.90. The van der Waals surface area contributed by atoms with Gasteiger partial charge in [-0.25, -0.2) is 14.5 Å². The van der Waals surface area contributed by atoms with Crippen LogP contribution in [0.3, 0.4) is 0 Å². The number of hydrogen-bond acceptors (Lipinski definition) is 4. The van der Waals surface area contributed by atoms with E-state index in [1.807, 2.05) is 31.2 Å². The Morgan fingerprint density at radius 2 is 2.08 bits per heavy atom. The van der Waals surface area contributed by atoms with Crippen LogP contribution in [0, 0.1) is 5.92 Å². The van der Waals surface area contributed by atoms with Crippen LogP contribution in [-0.2, 0) is 4.79 Å². The first-order chi connectivity index (χ1) is 11.5. The van der Waals surface area contributed by atoms with Gasteiger partial charge < -0.3 is 15.3 Å². The number of urea groups is 1. The standard InChI is InChI=1S/C16H19N5O3/c1-11(19-16(24)20-7-6-13(8-20)15(22)23)12-2-4-14(5-3-12)21-10-17-9-18-21/h2-5,9-11,13H,6-8H2,1H3,(H,19,24)(H,22,23). The van der Waals surface area contributed by atoms with Gasteiger partial charge in [0.05, 0.1) is 17.6 Å². The Morgan fingerprint density at radius 1 is 1.33 bits per heavy atom. The van der Waals surface area contributed by atoms with E-state index in [4.69, 9.17) is 5.11 Å². The second-order valence-corrected chi connectivity index (χ2v) is 5.87. The predicted molar refractivity (Wildman–Crippen MR) is 85.6 cm³/mol. The summed E-state index contributed by atoms with van der Waals surface area (Å²) in [6.45, 7) is 2.63. The normalized spacial score (nSPS) is 18.4. The molecule has 1 aromatic heterocycles. The molecule has 0 bridgehead atoms. The zero-order chi connectivity index (χ0) is 17.1. The highest BCUT2D eigenvalue weighted by Gasteiger charge is 2.31. The van der Waals surface area contributed by atoms with Crippen molar-refractivity contribution < 1.29 is 14.7 Å². The van der Waals surface area contributed by atoms with E-state index in [1.165, 1.54) is 6.33 Å². The lowest BCUT2D eigenvalue weighted by Gasteiger charge is -2.21. The smallest absolute Gasteiger partial charge is 0.317 e. The van der Waals surface area contributed by atoms with Crippen molar-refractivity contribution in [3.05, 3.63) is 42.5 Å². The lowest BCUT2D eigenvalue weighted by molar-refractivity contribution is -0.141. The van der Waals surface area contributed by atoms with Crippen molar-refractivity contribution in [2.45, 2.75) is 19.4 Å². The van der Waals surface area contributed by atoms with E-state index in [0.29, 0.717) is 13.0 Å². The summed E-state index contributed by atoms with van der Waals surface area (Å²) < 4.78 is 1.66. The molecular weight excluding hydrogens is 310 g/mol. The van der Waals surface area contributed by atoms with E-state index in [9.17, 15) is 9.59 Å². The summed E-state index contributed by atoms with van der Waals surface area (Å²) in [7, 11) is 0. The fourth-order valence-electron chi connectivity index (χ4n) is 2.76. The lowest BCUT2D eigenvalue weighted by atomic mass is 10.1. The minimum atomic E-state index is -0.845. The number of carbonyl (C=O) groups is 2. The first-order valence-electron chi connectivity index (χ1n) is 7.78. The molecule has 24 heavy (non-hydrogen) atoms. The summed E-state index contributed by atoms with van der Waals surface area (Å²) in [5.74, 6) is -1.31. The Labute approximate surface area is 139 Å². The van der Waals surface area contributed by atoms with E-state index in [-0.39, 0.29) is 18.6 Å². The topological polar surface area (TPSA) is 100 Å². The molecule has 1 aliphatic rings. The number of carboxylic acids is 1. The molecule has 8 heteroatoms. The molecule has 2 atom stereocenters. The van der Waals surface area contributed by atoms with Crippen molar-refractivity contribution in [2.24, 2.45) is 5.92 Å². The van der Waals surface area contributed by atoms with Gasteiger partial charge in [-0.15, -0.1) is 0 Å². The number of carboxylic acid groups (broad SMARTS) is 1. The molecule has 0 radical (unpaired) electrons. The third-order valence-corrected chi connectivity index (χ3v) is 4.24. The van der Waals surface area contributed by atoms with Crippen LogP contribution in [0.25, 0.3) is 5.69 Å². The van der Waals surface area contributed by atoms with Crippen LogP contribution < -0.4 is 5.32 Å². The molecule has 0 spiro atoms. The van der Waals surface area contributed by atoms with Crippen molar-refractivity contribution in [3.63, 3.8) is 0 Å². The monoisotopic (exact) mass is 329 g/mol. The van der Waals surface area contributed by atoms with Gasteiger partial charge in [0.25, 0.3) is 0 Å². The number of amides is 2. The van der Waals surface area contributed by atoms with Crippen molar-refractivity contribution in [3.8, 4) is 5.69 Å². The van der Waals surface area contributed by atoms with E-state index in [1.54, 1.807) is 15.9 Å². The zero-order valence-corrected chi connectivity index (χ0v) is 13.3. The average molecular weight is 329 g/mol. The fraction of sp³-hybridized carbons (Fsp3) is 0.375. The van der Waals surface area contributed by atoms with Gasteiger partial charge in [0.2, 0.25) is 0 Å². The molecule has 2 unspecified atom stereocenters. The second-order valence-electron chi connectivity index (χ2n) is 5.87. The first-order valence-corrected chi connectivity index (χ1v) is 7.78. The zero-order valence-electron chi connectivity index (χ0n) is 13.3. The van der Waals surface area contributed by atoms with Gasteiger partial charge in [0.15, 0.2) is 0 Å². The number of nitrogens with one attached hydrogen (secondary N) is 1. The summed E-state index contributed by atoms with van der Waals surface area (Å²) in [6, 6.07) is 7.25. The second kappa shape index (κ2) is 6.69. The molecule has 0 aliphatic carbocycles. The maximum atomic E-state index is 12.3. The molecule has 2 N–H and O–H groups in total. The summed E-state index contributed by atoms with van der Waals surface area (Å²) >= 11 is 0. The van der Waals surface area contributed by atoms with Crippen molar-refractivity contribution in [1.82, 2.24) is 25.0 Å². The SMILES string of the molecule is CC(NC(=O)N1CCC(C(=O)O)C1)c1ccc(-n2cncn2)cc1. The van der Waals surface area contributed by atoms with Gasteiger partial charge in [-0.1, -0.05) is 12.1 Å². The van der Waals surface area contributed by atoms with Crippen LogP contribution in [-0.4, -0.2) is 49.9 Å². The quantitative estimate of drug-likeness (QED) is 0.884. The van der Waals surface area contributed by atoms with E-state index >= 15 is 0 Å². The number of rotatable bonds is 4. The maximum absolute atomic E-state index is 12.3. The number of aliphatic carboxylic acids is 1. The Bertz CT molecular complexity index is 714. The molecule has 1 aromatic carbocycles. The van der Waals surface area contributed by atoms with E-state index in [2.05, 4.69) is 15.4 Å². The van der Waals surface area contributed by atoms with Crippen LogP contribution in [0.2, 0.25) is 0 Å². The maximum Gasteiger partial charge on any atom is 0.317 e. The summed E-state index contributed by atoms with van der Waals surface area (Å²) in [5.41, 5.74) is 1.85. The molecular formula is C16H19N5O3. The Morgan fingerprint density at radius 3 is 2.67 bits per heavy atom. The molecule has 2 amide bonds. The highest BCUT2D eigenvalue weighted by molar-refractivity contribution is 5.77. The molecule has 126 valence electrons. The number of benzene rings is 1. The fourth-order valence-corrected chi connectivity index (χ4v) is 2.76. The number of carbonyl (C=O) groups excluding carboxylic acids is 1. The lowest BCUT2D eigenvalue weighted by Crippen LogP contribution is -2.40. The highest BCUT2D eigenvalue weighted by atomic mass is 16.4. The first kappa shape index (κ1) is 16.0. The third kappa shape index (κ3) is 3.37. The highest BCUT2D eigenvalue weighted by Crippen LogP contribution is 2.19. The molecule has 1 saturated heterocycles. The van der Waals surface area contributed by atoms with Crippen LogP contribution >= 0.6 is 0 Å². The van der Waals surface area contributed by atoms with Gasteiger partial charge in [-0.3, -0.25) is 4.79 Å². The van der Waals surface area contributed by atoms with Crippen molar-refractivity contribution in [1.29, 1.82) is 0 Å². The van der Waals surface area contributed by atoms with Crippen molar-refractivity contribution in [2.75, 3.05) is 13.1 Å². The molecule has 2 heterocycles. The number of aromatic nitrogens is 3. The Balaban J connectivity index is 1.59. The number of nitrogens with zero attached hydrogens (tertiary/aromatic N) is 4. The van der Waals surface area contributed by atoms with Crippen LogP contribution in [0.5, 0.6) is 0 Å². The summed E-state index contributed by atoms with van der Waals surface area (Å²) in [4.78, 5) is 28.7. The minimum absolute atomic E-state index is 0.175. The third-order valence-electron chi connectivity index (χ3n) is 4.24. The van der Waals surface area contributed by atoms with Gasteiger partial charge in [0.1, 0.15) is 12.7 Å². The molecule has 3 rings (SSSR count). The summed E-state index contributed by atoms with van der Waals surface area (Å²) in [6.07, 6.45) is 3.59.